The third-order valence-corrected chi connectivity index (χ3v) is 3.77. The minimum atomic E-state index is -0.231. The van der Waals surface area contributed by atoms with Gasteiger partial charge in [0.15, 0.2) is 0 Å². The van der Waals surface area contributed by atoms with E-state index in [0.717, 1.165) is 18.8 Å². The molecule has 1 saturated heterocycles. The molecule has 2 heteroatoms. The second-order valence-corrected chi connectivity index (χ2v) is 5.19. The Morgan fingerprint density at radius 2 is 2.08 bits per heavy atom. The van der Waals surface area contributed by atoms with Crippen LogP contribution in [0.2, 0.25) is 0 Å². The second-order valence-electron chi connectivity index (χ2n) is 5.19. The molecule has 1 saturated carbocycles. The summed E-state index contributed by atoms with van der Waals surface area (Å²) in [5.41, 5.74) is -0.231. The average molecular weight is 182 g/mol. The molecule has 0 N–H and O–H groups in total. The van der Waals surface area contributed by atoms with Crippen molar-refractivity contribution in [2.45, 2.75) is 46.1 Å². The molecule has 0 spiro atoms. The number of hydrogen-bond donors (Lipinski definition) is 0. The maximum Gasteiger partial charge on any atom is 0.312 e. The monoisotopic (exact) mass is 182 g/mol. The molecule has 2 aliphatic rings. The fourth-order valence-corrected chi connectivity index (χ4v) is 2.73. The van der Waals surface area contributed by atoms with Crippen LogP contribution in [0.3, 0.4) is 0 Å². The molecule has 0 aromatic heterocycles. The highest BCUT2D eigenvalue weighted by atomic mass is 16.6. The van der Waals surface area contributed by atoms with Crippen LogP contribution in [0, 0.1) is 17.3 Å². The van der Waals surface area contributed by atoms with Gasteiger partial charge in [-0.25, -0.2) is 0 Å². The van der Waals surface area contributed by atoms with E-state index in [4.69, 9.17) is 4.74 Å². The van der Waals surface area contributed by atoms with Crippen LogP contribution in [-0.2, 0) is 9.53 Å². The third kappa shape index (κ3) is 1.27. The van der Waals surface area contributed by atoms with E-state index in [9.17, 15) is 4.79 Å². The number of hydrogen-bond acceptors (Lipinski definition) is 2. The van der Waals surface area contributed by atoms with Crippen molar-refractivity contribution in [2.24, 2.45) is 17.3 Å². The molecule has 0 bridgehead atoms. The number of fused-ring (bicyclic) bond motifs is 1. The highest BCUT2D eigenvalue weighted by molar-refractivity contribution is 5.78. The molecule has 13 heavy (non-hydrogen) atoms. The Hall–Kier alpha value is -0.530. The molecule has 1 aliphatic heterocycles. The Morgan fingerprint density at radius 3 is 2.77 bits per heavy atom. The van der Waals surface area contributed by atoms with E-state index in [-0.39, 0.29) is 17.5 Å². The Labute approximate surface area is 79.7 Å². The van der Waals surface area contributed by atoms with Crippen molar-refractivity contribution in [1.29, 1.82) is 0 Å². The minimum absolute atomic E-state index is 0.0107. The molecule has 1 aliphatic carbocycles. The van der Waals surface area contributed by atoms with Gasteiger partial charge in [-0.1, -0.05) is 13.3 Å². The molecule has 1 heterocycles. The van der Waals surface area contributed by atoms with Gasteiger partial charge in [-0.2, -0.15) is 0 Å². The molecule has 2 fully saturated rings. The van der Waals surface area contributed by atoms with Crippen molar-refractivity contribution in [3.05, 3.63) is 0 Å². The lowest BCUT2D eigenvalue weighted by atomic mass is 9.70. The third-order valence-electron chi connectivity index (χ3n) is 3.77. The zero-order valence-electron chi connectivity index (χ0n) is 8.67. The summed E-state index contributed by atoms with van der Waals surface area (Å²) < 4.78 is 5.41. The topological polar surface area (TPSA) is 26.3 Å². The van der Waals surface area contributed by atoms with E-state index in [0.29, 0.717) is 5.92 Å². The van der Waals surface area contributed by atoms with E-state index >= 15 is 0 Å². The fourth-order valence-electron chi connectivity index (χ4n) is 2.73. The smallest absolute Gasteiger partial charge is 0.312 e. The number of rotatable bonds is 0. The first-order valence-electron chi connectivity index (χ1n) is 5.23. The molecular weight excluding hydrogens is 164 g/mol. The number of carbonyl (C=O) groups excluding carboxylic acids is 1. The van der Waals surface area contributed by atoms with Gasteiger partial charge in [0.05, 0.1) is 5.41 Å². The van der Waals surface area contributed by atoms with Crippen LogP contribution < -0.4 is 0 Å². The molecular formula is C11H18O2. The standard InChI is InChI=1S/C11H18O2/c1-7-4-5-8-9(6-7)13-10(12)11(8,2)3/h7-9H,4-6H2,1-3H3/t7-,8+,9+/m0/s1. The zero-order chi connectivity index (χ0) is 9.64. The van der Waals surface area contributed by atoms with E-state index in [1.807, 2.05) is 13.8 Å². The molecule has 0 unspecified atom stereocenters. The van der Waals surface area contributed by atoms with Crippen molar-refractivity contribution in [1.82, 2.24) is 0 Å². The highest BCUT2D eigenvalue weighted by Gasteiger charge is 2.52. The summed E-state index contributed by atoms with van der Waals surface area (Å²) in [7, 11) is 0. The Morgan fingerprint density at radius 1 is 1.38 bits per heavy atom. The second kappa shape index (κ2) is 2.73. The van der Waals surface area contributed by atoms with E-state index in [1.54, 1.807) is 0 Å². The predicted molar refractivity (Wildman–Crippen MR) is 50.2 cm³/mol. The van der Waals surface area contributed by atoms with Crippen LogP contribution in [0.4, 0.5) is 0 Å². The van der Waals surface area contributed by atoms with Gasteiger partial charge in [-0.3, -0.25) is 4.79 Å². The van der Waals surface area contributed by atoms with Crippen molar-refractivity contribution in [2.75, 3.05) is 0 Å². The van der Waals surface area contributed by atoms with Gasteiger partial charge in [0.2, 0.25) is 0 Å². The molecule has 0 amide bonds. The Bertz CT molecular complexity index is 232. The summed E-state index contributed by atoms with van der Waals surface area (Å²) in [5, 5.41) is 0. The van der Waals surface area contributed by atoms with Gasteiger partial charge in [-0.05, 0) is 32.6 Å². The highest BCUT2D eigenvalue weighted by Crippen LogP contribution is 2.47. The van der Waals surface area contributed by atoms with E-state index in [1.165, 1.54) is 6.42 Å². The normalized spacial score (nSPS) is 42.7. The molecule has 0 aromatic rings. The largest absolute Gasteiger partial charge is 0.462 e. The Balaban J connectivity index is 2.18. The quantitative estimate of drug-likeness (QED) is 0.538. The zero-order valence-corrected chi connectivity index (χ0v) is 8.67. The van der Waals surface area contributed by atoms with Gasteiger partial charge in [-0.15, -0.1) is 0 Å². The lowest BCUT2D eigenvalue weighted by Gasteiger charge is -2.32. The minimum Gasteiger partial charge on any atom is -0.462 e. The molecule has 0 radical (unpaired) electrons. The number of ether oxygens (including phenoxy) is 1. The summed E-state index contributed by atoms with van der Waals surface area (Å²) in [6.45, 7) is 6.29. The molecule has 0 aromatic carbocycles. The fraction of sp³-hybridized carbons (Fsp3) is 0.909. The van der Waals surface area contributed by atoms with Crippen molar-refractivity contribution >= 4 is 5.97 Å². The van der Waals surface area contributed by atoms with Crippen LogP contribution in [0.1, 0.15) is 40.0 Å². The Kier molecular flexibility index (Phi) is 1.90. The van der Waals surface area contributed by atoms with Gasteiger partial charge in [0.1, 0.15) is 6.10 Å². The maximum atomic E-state index is 11.5. The van der Waals surface area contributed by atoms with Gasteiger partial charge in [0, 0.05) is 5.92 Å². The van der Waals surface area contributed by atoms with Crippen LogP contribution in [-0.4, -0.2) is 12.1 Å². The molecule has 2 rings (SSSR count). The first-order chi connectivity index (χ1) is 6.01. The SMILES string of the molecule is C[C@H]1CC[C@@H]2[C@@H](C1)OC(=O)C2(C)C. The first kappa shape index (κ1) is 9.04. The lowest BCUT2D eigenvalue weighted by Crippen LogP contribution is -2.32. The van der Waals surface area contributed by atoms with Crippen molar-refractivity contribution < 1.29 is 9.53 Å². The number of carbonyl (C=O) groups is 1. The van der Waals surface area contributed by atoms with Crippen LogP contribution >= 0.6 is 0 Å². The van der Waals surface area contributed by atoms with E-state index in [2.05, 4.69) is 6.92 Å². The first-order valence-corrected chi connectivity index (χ1v) is 5.23. The van der Waals surface area contributed by atoms with Crippen LogP contribution in [0.25, 0.3) is 0 Å². The van der Waals surface area contributed by atoms with E-state index < -0.39 is 0 Å². The average Bonchev–Trinajstić information content (AvgIpc) is 2.23. The molecule has 3 atom stereocenters. The summed E-state index contributed by atoms with van der Waals surface area (Å²) in [5.74, 6) is 1.20. The summed E-state index contributed by atoms with van der Waals surface area (Å²) >= 11 is 0. The number of esters is 1. The molecule has 2 nitrogen and oxygen atoms in total. The summed E-state index contributed by atoms with van der Waals surface area (Å²) in [6.07, 6.45) is 3.69. The van der Waals surface area contributed by atoms with Crippen LogP contribution in [0.5, 0.6) is 0 Å². The maximum absolute atomic E-state index is 11.5. The van der Waals surface area contributed by atoms with Gasteiger partial charge >= 0.3 is 5.97 Å². The summed E-state index contributed by atoms with van der Waals surface area (Å²) in [6, 6.07) is 0. The lowest BCUT2D eigenvalue weighted by molar-refractivity contribution is -0.147. The summed E-state index contributed by atoms with van der Waals surface area (Å²) in [4.78, 5) is 11.5. The molecule has 74 valence electrons. The van der Waals surface area contributed by atoms with Crippen molar-refractivity contribution in [3.63, 3.8) is 0 Å². The van der Waals surface area contributed by atoms with Gasteiger partial charge in [0.25, 0.3) is 0 Å². The van der Waals surface area contributed by atoms with Crippen molar-refractivity contribution in [3.8, 4) is 0 Å². The van der Waals surface area contributed by atoms with Crippen LogP contribution in [0.15, 0.2) is 0 Å². The predicted octanol–water partition coefficient (Wildman–Crippen LogP) is 2.37. The van der Waals surface area contributed by atoms with Gasteiger partial charge < -0.3 is 4.74 Å².